The third-order valence-electron chi connectivity index (χ3n) is 3.72. The van der Waals surface area contributed by atoms with Crippen LogP contribution in [0.3, 0.4) is 0 Å². The van der Waals surface area contributed by atoms with Crippen LogP contribution in [0.25, 0.3) is 10.6 Å². The zero-order valence-electron chi connectivity index (χ0n) is 13.8. The van der Waals surface area contributed by atoms with Crippen LogP contribution >= 0.6 is 27.3 Å². The lowest BCUT2D eigenvalue weighted by Crippen LogP contribution is -2.29. The van der Waals surface area contributed by atoms with Crippen LogP contribution in [0.4, 0.5) is 5.69 Å². The van der Waals surface area contributed by atoms with Gasteiger partial charge in [0.25, 0.3) is 0 Å². The smallest absolute Gasteiger partial charge is 0.232 e. The van der Waals surface area contributed by atoms with Crippen molar-refractivity contribution in [2.45, 2.75) is 13.5 Å². The molecule has 0 saturated heterocycles. The summed E-state index contributed by atoms with van der Waals surface area (Å²) in [5.41, 5.74) is 2.51. The molecule has 3 aromatic rings. The van der Waals surface area contributed by atoms with Crippen molar-refractivity contribution >= 4 is 43.0 Å². The first-order valence-corrected chi connectivity index (χ1v) is 11.1. The lowest BCUT2D eigenvalue weighted by molar-refractivity contribution is 0.596. The Labute approximate surface area is 160 Å². The number of anilines is 1. The maximum atomic E-state index is 12.4. The number of aryl methyl sites for hydroxylation is 1. The van der Waals surface area contributed by atoms with Gasteiger partial charge in [0.2, 0.25) is 10.0 Å². The van der Waals surface area contributed by atoms with Crippen LogP contribution in [0.1, 0.15) is 10.6 Å². The van der Waals surface area contributed by atoms with Gasteiger partial charge in [-0.1, -0.05) is 42.5 Å². The number of hydrogen-bond donors (Lipinski definition) is 0. The third-order valence-corrected chi connectivity index (χ3v) is 6.71. The molecule has 0 aliphatic heterocycles. The Bertz CT molecular complexity index is 985. The van der Waals surface area contributed by atoms with Crippen molar-refractivity contribution in [2.24, 2.45) is 0 Å². The molecule has 3 rings (SSSR count). The van der Waals surface area contributed by atoms with Crippen LogP contribution in [0.15, 0.2) is 59.1 Å². The molecule has 25 heavy (non-hydrogen) atoms. The Balaban J connectivity index is 1.99. The second kappa shape index (κ2) is 7.27. The molecule has 0 aliphatic rings. The minimum Gasteiger partial charge on any atom is -0.264 e. The first-order valence-electron chi connectivity index (χ1n) is 7.60. The number of halogens is 1. The Kier molecular flexibility index (Phi) is 5.27. The summed E-state index contributed by atoms with van der Waals surface area (Å²) >= 11 is 4.97. The van der Waals surface area contributed by atoms with E-state index in [2.05, 4.69) is 20.9 Å². The fourth-order valence-corrected chi connectivity index (χ4v) is 5.08. The molecule has 1 heterocycles. The summed E-state index contributed by atoms with van der Waals surface area (Å²) in [6.07, 6.45) is 1.22. The maximum Gasteiger partial charge on any atom is 0.232 e. The van der Waals surface area contributed by atoms with Crippen LogP contribution in [-0.4, -0.2) is 19.7 Å². The van der Waals surface area contributed by atoms with Crippen LogP contribution in [0.5, 0.6) is 0 Å². The van der Waals surface area contributed by atoms with E-state index in [9.17, 15) is 8.42 Å². The highest BCUT2D eigenvalue weighted by Gasteiger charge is 2.22. The SMILES string of the molecule is Cc1nc(-c2ccccc2)sc1CN(c1ccccc1Br)S(C)(=O)=O. The van der Waals surface area contributed by atoms with Crippen molar-refractivity contribution in [3.63, 3.8) is 0 Å². The van der Waals surface area contributed by atoms with E-state index in [1.165, 1.54) is 21.9 Å². The molecular weight excluding hydrogens is 420 g/mol. The van der Waals surface area contributed by atoms with Gasteiger partial charge in [0.1, 0.15) is 5.01 Å². The summed E-state index contributed by atoms with van der Waals surface area (Å²) in [6, 6.07) is 17.2. The molecule has 1 aromatic heterocycles. The molecule has 2 aromatic carbocycles. The van der Waals surface area contributed by atoms with Gasteiger partial charge in [-0.05, 0) is 35.0 Å². The standard InChI is InChI=1S/C18H17BrN2O2S2/c1-13-17(24-18(20-13)14-8-4-3-5-9-14)12-21(25(2,22)23)16-11-7-6-10-15(16)19/h3-11H,12H2,1-2H3. The highest BCUT2D eigenvalue weighted by molar-refractivity contribution is 9.10. The van der Waals surface area contributed by atoms with Crippen molar-refractivity contribution in [3.8, 4) is 10.6 Å². The topological polar surface area (TPSA) is 50.3 Å². The van der Waals surface area contributed by atoms with Gasteiger partial charge in [0.05, 0.1) is 24.2 Å². The molecule has 4 nitrogen and oxygen atoms in total. The van der Waals surface area contributed by atoms with Gasteiger partial charge < -0.3 is 0 Å². The zero-order chi connectivity index (χ0) is 18.0. The second-order valence-corrected chi connectivity index (χ2v) is 9.46. The van der Waals surface area contributed by atoms with Crippen molar-refractivity contribution in [3.05, 3.63) is 69.6 Å². The summed E-state index contributed by atoms with van der Waals surface area (Å²) < 4.78 is 26.9. The van der Waals surface area contributed by atoms with Gasteiger partial charge in [-0.3, -0.25) is 4.31 Å². The minimum absolute atomic E-state index is 0.262. The number of para-hydroxylation sites is 1. The highest BCUT2D eigenvalue weighted by Crippen LogP contribution is 2.33. The molecule has 0 fully saturated rings. The number of thiazole rings is 1. The number of nitrogens with zero attached hydrogens (tertiary/aromatic N) is 2. The molecule has 130 valence electrons. The molecule has 0 unspecified atom stereocenters. The predicted octanol–water partition coefficient (Wildman–Crippen LogP) is 4.85. The van der Waals surface area contributed by atoms with E-state index in [-0.39, 0.29) is 6.54 Å². The van der Waals surface area contributed by atoms with E-state index < -0.39 is 10.0 Å². The fourth-order valence-electron chi connectivity index (χ4n) is 2.44. The van der Waals surface area contributed by atoms with Gasteiger partial charge >= 0.3 is 0 Å². The lowest BCUT2D eigenvalue weighted by Gasteiger charge is -2.23. The normalized spacial score (nSPS) is 11.5. The summed E-state index contributed by atoms with van der Waals surface area (Å²) in [7, 11) is -3.43. The maximum absolute atomic E-state index is 12.4. The predicted molar refractivity (Wildman–Crippen MR) is 107 cm³/mol. The summed E-state index contributed by atoms with van der Waals surface area (Å²) in [6.45, 7) is 2.18. The van der Waals surface area contributed by atoms with E-state index in [1.54, 1.807) is 6.07 Å². The van der Waals surface area contributed by atoms with E-state index in [0.29, 0.717) is 5.69 Å². The molecule has 0 amide bonds. The Morgan fingerprint density at radius 2 is 1.72 bits per heavy atom. The fraction of sp³-hybridized carbons (Fsp3) is 0.167. The van der Waals surface area contributed by atoms with Gasteiger partial charge in [-0.25, -0.2) is 13.4 Å². The summed E-state index contributed by atoms with van der Waals surface area (Å²) in [5.74, 6) is 0. The molecule has 0 atom stereocenters. The molecule has 0 N–H and O–H groups in total. The van der Waals surface area contributed by atoms with Crippen molar-refractivity contribution < 1.29 is 8.42 Å². The number of aromatic nitrogens is 1. The van der Waals surface area contributed by atoms with Crippen molar-refractivity contribution in [2.75, 3.05) is 10.6 Å². The Morgan fingerprint density at radius 1 is 1.08 bits per heavy atom. The van der Waals surface area contributed by atoms with Gasteiger partial charge in [-0.2, -0.15) is 0 Å². The van der Waals surface area contributed by atoms with E-state index in [1.807, 2.05) is 55.5 Å². The third kappa shape index (κ3) is 4.11. The molecule has 0 radical (unpaired) electrons. The lowest BCUT2D eigenvalue weighted by atomic mass is 10.2. The van der Waals surface area contributed by atoms with Crippen molar-refractivity contribution in [1.82, 2.24) is 4.98 Å². The number of benzene rings is 2. The Hall–Kier alpha value is -1.70. The molecule has 0 saturated carbocycles. The van der Waals surface area contributed by atoms with E-state index in [4.69, 9.17) is 0 Å². The minimum atomic E-state index is -3.43. The second-order valence-electron chi connectivity index (χ2n) is 5.61. The highest BCUT2D eigenvalue weighted by atomic mass is 79.9. The molecular formula is C18H17BrN2O2S2. The number of hydrogen-bond acceptors (Lipinski definition) is 4. The van der Waals surface area contributed by atoms with Crippen LogP contribution < -0.4 is 4.31 Å². The average Bonchev–Trinajstić information content (AvgIpc) is 2.94. The van der Waals surface area contributed by atoms with Gasteiger partial charge in [0.15, 0.2) is 0 Å². The molecule has 0 spiro atoms. The van der Waals surface area contributed by atoms with Gasteiger partial charge in [-0.15, -0.1) is 11.3 Å². The molecule has 0 bridgehead atoms. The quantitative estimate of drug-likeness (QED) is 0.574. The number of sulfonamides is 1. The molecule has 7 heteroatoms. The van der Waals surface area contributed by atoms with Crippen molar-refractivity contribution in [1.29, 1.82) is 0 Å². The Morgan fingerprint density at radius 3 is 2.36 bits per heavy atom. The van der Waals surface area contributed by atoms with Crippen LogP contribution in [0.2, 0.25) is 0 Å². The van der Waals surface area contributed by atoms with Gasteiger partial charge in [0, 0.05) is 14.9 Å². The first kappa shape index (κ1) is 18.1. The average molecular weight is 437 g/mol. The van der Waals surface area contributed by atoms with E-state index >= 15 is 0 Å². The molecule has 0 aliphatic carbocycles. The van der Waals surface area contributed by atoms with E-state index in [0.717, 1.165) is 25.6 Å². The van der Waals surface area contributed by atoms with Crippen LogP contribution in [0, 0.1) is 6.92 Å². The summed E-state index contributed by atoms with van der Waals surface area (Å²) in [4.78, 5) is 5.55. The largest absolute Gasteiger partial charge is 0.264 e. The zero-order valence-corrected chi connectivity index (χ0v) is 17.0. The first-order chi connectivity index (χ1) is 11.9. The summed E-state index contributed by atoms with van der Waals surface area (Å²) in [5, 5.41) is 0.897. The number of rotatable bonds is 5. The monoisotopic (exact) mass is 436 g/mol. The van der Waals surface area contributed by atoms with Crippen LogP contribution in [-0.2, 0) is 16.6 Å².